The fourth-order valence-electron chi connectivity index (χ4n) is 2.11. The second-order valence-corrected chi connectivity index (χ2v) is 5.96. The molecule has 2 aromatic heterocycles. The molecule has 0 bridgehead atoms. The summed E-state index contributed by atoms with van der Waals surface area (Å²) < 4.78 is 12.6. The summed E-state index contributed by atoms with van der Waals surface area (Å²) in [5.41, 5.74) is 2.08. The monoisotopic (exact) mass is 401 g/mol. The van der Waals surface area contributed by atoms with Crippen LogP contribution in [0.1, 0.15) is 18.2 Å². The topological polar surface area (TPSA) is 60.2 Å². The lowest BCUT2D eigenvalue weighted by Crippen LogP contribution is -2.17. The van der Waals surface area contributed by atoms with Crippen LogP contribution in [0.25, 0.3) is 11.6 Å². The molecule has 3 rings (SSSR count). The quantitative estimate of drug-likeness (QED) is 0.846. The van der Waals surface area contributed by atoms with Crippen molar-refractivity contribution >= 4 is 37.7 Å². The highest BCUT2D eigenvalue weighted by atomic mass is 79.9. The number of fused-ring (bicyclic) bond motifs is 1. The Kier molecular flexibility index (Phi) is 4.09. The Bertz CT molecular complexity index is 623. The summed E-state index contributed by atoms with van der Waals surface area (Å²) >= 11 is 6.74. The summed E-state index contributed by atoms with van der Waals surface area (Å²) in [6.45, 7) is 4.09. The molecule has 0 spiro atoms. The van der Waals surface area contributed by atoms with E-state index < -0.39 is 0 Å². The molecular formula is C13H13Br2N3O2. The van der Waals surface area contributed by atoms with Gasteiger partial charge in [-0.05, 0) is 38.8 Å². The van der Waals surface area contributed by atoms with E-state index in [9.17, 15) is 0 Å². The molecule has 0 fully saturated rings. The van der Waals surface area contributed by atoms with Crippen LogP contribution in [-0.4, -0.2) is 23.1 Å². The van der Waals surface area contributed by atoms with Crippen LogP contribution >= 0.6 is 31.9 Å². The minimum absolute atomic E-state index is 0.559. The molecule has 20 heavy (non-hydrogen) atoms. The zero-order valence-corrected chi connectivity index (χ0v) is 14.0. The highest BCUT2D eigenvalue weighted by Gasteiger charge is 2.20. The molecule has 106 valence electrons. The first kappa shape index (κ1) is 14.0. The van der Waals surface area contributed by atoms with E-state index in [1.807, 2.05) is 13.0 Å². The molecule has 5 nitrogen and oxygen atoms in total. The number of anilines is 1. The number of rotatable bonds is 3. The van der Waals surface area contributed by atoms with Gasteiger partial charge in [0, 0.05) is 24.6 Å². The van der Waals surface area contributed by atoms with E-state index in [4.69, 9.17) is 9.15 Å². The van der Waals surface area contributed by atoms with Crippen molar-refractivity contribution in [2.24, 2.45) is 0 Å². The minimum atomic E-state index is 0.559. The van der Waals surface area contributed by atoms with Crippen molar-refractivity contribution in [3.05, 3.63) is 26.5 Å². The predicted molar refractivity (Wildman–Crippen MR) is 82.7 cm³/mol. The molecule has 7 heteroatoms. The van der Waals surface area contributed by atoms with Crippen LogP contribution in [0.4, 0.5) is 5.82 Å². The molecule has 0 saturated heterocycles. The molecule has 0 aliphatic carbocycles. The van der Waals surface area contributed by atoms with Crippen molar-refractivity contribution in [2.45, 2.75) is 20.0 Å². The molecule has 0 saturated carbocycles. The van der Waals surface area contributed by atoms with E-state index in [2.05, 4.69) is 47.1 Å². The molecule has 1 N–H and O–H groups in total. The van der Waals surface area contributed by atoms with Crippen LogP contribution in [0, 0.1) is 0 Å². The molecule has 1 aliphatic rings. The lowest BCUT2D eigenvalue weighted by Gasteiger charge is -2.19. The van der Waals surface area contributed by atoms with Crippen LogP contribution in [-0.2, 0) is 17.8 Å². The lowest BCUT2D eigenvalue weighted by atomic mass is 10.1. The molecule has 1 aliphatic heterocycles. The lowest BCUT2D eigenvalue weighted by molar-refractivity contribution is 0.109. The van der Waals surface area contributed by atoms with Crippen LogP contribution < -0.4 is 5.32 Å². The summed E-state index contributed by atoms with van der Waals surface area (Å²) in [4.78, 5) is 9.18. The third-order valence-electron chi connectivity index (χ3n) is 3.03. The molecule has 0 unspecified atom stereocenters. The van der Waals surface area contributed by atoms with Crippen LogP contribution in [0.2, 0.25) is 0 Å². The van der Waals surface area contributed by atoms with E-state index in [0.29, 0.717) is 29.5 Å². The van der Waals surface area contributed by atoms with Gasteiger partial charge in [-0.1, -0.05) is 0 Å². The highest BCUT2D eigenvalue weighted by molar-refractivity contribution is 9.13. The average Bonchev–Trinajstić information content (AvgIpc) is 2.79. The zero-order chi connectivity index (χ0) is 14.1. The SMILES string of the molecule is CCNc1nc(-c2cc(Br)c(Br)o2)nc2c1COCC2. The molecule has 0 amide bonds. The van der Waals surface area contributed by atoms with Crippen molar-refractivity contribution in [2.75, 3.05) is 18.5 Å². The van der Waals surface area contributed by atoms with E-state index in [0.717, 1.165) is 34.5 Å². The van der Waals surface area contributed by atoms with Gasteiger partial charge in [-0.25, -0.2) is 9.97 Å². The summed E-state index contributed by atoms with van der Waals surface area (Å²) in [5.74, 6) is 2.06. The maximum atomic E-state index is 5.61. The van der Waals surface area contributed by atoms with Gasteiger partial charge in [-0.3, -0.25) is 0 Å². The third kappa shape index (κ3) is 2.62. The Morgan fingerprint density at radius 1 is 1.35 bits per heavy atom. The predicted octanol–water partition coefficient (Wildman–Crippen LogP) is 3.77. The number of aromatic nitrogens is 2. The summed E-state index contributed by atoms with van der Waals surface area (Å²) in [7, 11) is 0. The Balaban J connectivity index is 2.09. The average molecular weight is 403 g/mol. The maximum Gasteiger partial charge on any atom is 0.197 e. The van der Waals surface area contributed by atoms with Gasteiger partial charge >= 0.3 is 0 Å². The van der Waals surface area contributed by atoms with E-state index in [1.54, 1.807) is 0 Å². The van der Waals surface area contributed by atoms with Gasteiger partial charge in [0.25, 0.3) is 0 Å². The zero-order valence-electron chi connectivity index (χ0n) is 10.9. The van der Waals surface area contributed by atoms with Crippen molar-refractivity contribution < 1.29 is 9.15 Å². The Labute approximate surface area is 133 Å². The number of hydrogen-bond acceptors (Lipinski definition) is 5. The number of hydrogen-bond donors (Lipinski definition) is 1. The van der Waals surface area contributed by atoms with Crippen molar-refractivity contribution in [3.8, 4) is 11.6 Å². The van der Waals surface area contributed by atoms with E-state index in [1.165, 1.54) is 0 Å². The summed E-state index contributed by atoms with van der Waals surface area (Å²) in [6, 6.07) is 1.86. The number of halogens is 2. The number of nitrogens with zero attached hydrogens (tertiary/aromatic N) is 2. The van der Waals surface area contributed by atoms with Crippen LogP contribution in [0.5, 0.6) is 0 Å². The van der Waals surface area contributed by atoms with Gasteiger partial charge in [-0.15, -0.1) is 0 Å². The molecule has 0 atom stereocenters. The van der Waals surface area contributed by atoms with E-state index in [-0.39, 0.29) is 0 Å². The number of ether oxygens (including phenoxy) is 1. The second kappa shape index (κ2) is 5.83. The third-order valence-corrected chi connectivity index (χ3v) is 4.74. The standard InChI is InChI=1S/C13H13Br2N3O2/c1-2-16-12-7-6-19-4-3-9(7)17-13(18-12)10-5-8(14)11(15)20-10/h5H,2-4,6H2,1H3,(H,16,17,18). The van der Waals surface area contributed by atoms with Gasteiger partial charge < -0.3 is 14.5 Å². The van der Waals surface area contributed by atoms with Gasteiger partial charge in [0.2, 0.25) is 0 Å². The second-order valence-electron chi connectivity index (χ2n) is 4.39. The highest BCUT2D eigenvalue weighted by Crippen LogP contribution is 2.33. The molecule has 0 radical (unpaired) electrons. The Morgan fingerprint density at radius 2 is 2.20 bits per heavy atom. The van der Waals surface area contributed by atoms with Gasteiger partial charge in [-0.2, -0.15) is 0 Å². The van der Waals surface area contributed by atoms with Crippen molar-refractivity contribution in [1.29, 1.82) is 0 Å². The molecule has 3 heterocycles. The van der Waals surface area contributed by atoms with Gasteiger partial charge in [0.15, 0.2) is 16.3 Å². The van der Waals surface area contributed by atoms with Crippen molar-refractivity contribution in [1.82, 2.24) is 9.97 Å². The molecule has 2 aromatic rings. The van der Waals surface area contributed by atoms with Gasteiger partial charge in [0.05, 0.1) is 23.4 Å². The van der Waals surface area contributed by atoms with Crippen LogP contribution in [0.3, 0.4) is 0 Å². The Morgan fingerprint density at radius 3 is 2.90 bits per heavy atom. The largest absolute Gasteiger partial charge is 0.445 e. The molecular weight excluding hydrogens is 390 g/mol. The van der Waals surface area contributed by atoms with Gasteiger partial charge in [0.1, 0.15) is 5.82 Å². The Hall–Kier alpha value is -0.920. The minimum Gasteiger partial charge on any atom is -0.445 e. The summed E-state index contributed by atoms with van der Waals surface area (Å²) in [5, 5.41) is 3.27. The fraction of sp³-hybridized carbons (Fsp3) is 0.385. The number of furan rings is 1. The normalized spacial score (nSPS) is 14.2. The smallest absolute Gasteiger partial charge is 0.197 e. The van der Waals surface area contributed by atoms with Crippen molar-refractivity contribution in [3.63, 3.8) is 0 Å². The van der Waals surface area contributed by atoms with E-state index >= 15 is 0 Å². The summed E-state index contributed by atoms with van der Waals surface area (Å²) in [6.07, 6.45) is 0.798. The molecule has 0 aromatic carbocycles. The van der Waals surface area contributed by atoms with Crippen LogP contribution in [0.15, 0.2) is 19.6 Å². The first-order valence-electron chi connectivity index (χ1n) is 6.35. The maximum absolute atomic E-state index is 5.61. The fourth-order valence-corrected chi connectivity index (χ4v) is 2.69. The first-order chi connectivity index (χ1) is 9.69. The first-order valence-corrected chi connectivity index (χ1v) is 7.94. The number of nitrogens with one attached hydrogen (secondary N) is 1.